The molecule has 0 radical (unpaired) electrons. The van der Waals surface area contributed by atoms with E-state index in [0.717, 1.165) is 29.7 Å². The number of fused-ring (bicyclic) bond motifs is 1. The van der Waals surface area contributed by atoms with E-state index in [1.54, 1.807) is 11.1 Å². The lowest BCUT2D eigenvalue weighted by atomic mass is 9.90. The lowest BCUT2D eigenvalue weighted by Gasteiger charge is -2.29. The van der Waals surface area contributed by atoms with Crippen LogP contribution in [-0.4, -0.2) is 31.1 Å². The summed E-state index contributed by atoms with van der Waals surface area (Å²) in [5.41, 5.74) is 3.03. The number of aryl methyl sites for hydroxylation is 1. The van der Waals surface area contributed by atoms with Gasteiger partial charge in [0.05, 0.1) is 30.6 Å². The predicted molar refractivity (Wildman–Crippen MR) is 142 cm³/mol. The number of ether oxygens (including phenoxy) is 2. The van der Waals surface area contributed by atoms with Crippen molar-refractivity contribution in [2.45, 2.75) is 45.8 Å². The zero-order valence-electron chi connectivity index (χ0n) is 21.4. The van der Waals surface area contributed by atoms with Crippen molar-refractivity contribution in [2.24, 2.45) is 5.92 Å². The highest BCUT2D eigenvalue weighted by molar-refractivity contribution is 6.24. The maximum Gasteiger partial charge on any atom is 0.266 e. The summed E-state index contributed by atoms with van der Waals surface area (Å²) in [6.45, 7) is 7.00. The van der Waals surface area contributed by atoms with Crippen molar-refractivity contribution in [1.82, 2.24) is 0 Å². The Morgan fingerprint density at radius 2 is 1.62 bits per heavy atom. The number of amides is 2. The maximum absolute atomic E-state index is 13.9. The average Bonchev–Trinajstić information content (AvgIpc) is 3.42. The number of nitrogens with zero attached hydrogens (tertiary/aromatic N) is 2. The van der Waals surface area contributed by atoms with Crippen molar-refractivity contribution in [3.63, 3.8) is 0 Å². The normalized spacial score (nSPS) is 20.9. The molecule has 0 aliphatic carbocycles. The largest absolute Gasteiger partial charge is 0.490 e. The molecule has 192 valence electrons. The zero-order valence-corrected chi connectivity index (χ0v) is 21.4. The van der Waals surface area contributed by atoms with Gasteiger partial charge in [0, 0.05) is 0 Å². The molecule has 37 heavy (non-hydrogen) atoms. The molecule has 5 rings (SSSR count). The Kier molecular flexibility index (Phi) is 7.15. The Balaban J connectivity index is 1.56. The van der Waals surface area contributed by atoms with Crippen LogP contribution in [-0.2, 0) is 14.4 Å². The van der Waals surface area contributed by atoms with Gasteiger partial charge in [0.25, 0.3) is 5.91 Å². The Labute approximate surface area is 217 Å². The summed E-state index contributed by atoms with van der Waals surface area (Å²) < 4.78 is 11.9. The fourth-order valence-corrected chi connectivity index (χ4v) is 5.03. The molecule has 3 aromatic rings. The second-order valence-electron chi connectivity index (χ2n) is 9.30. The van der Waals surface area contributed by atoms with Crippen LogP contribution in [0.3, 0.4) is 0 Å². The van der Waals surface area contributed by atoms with Crippen molar-refractivity contribution in [3.8, 4) is 11.5 Å². The summed E-state index contributed by atoms with van der Waals surface area (Å²) in [5, 5.41) is 1.70. The van der Waals surface area contributed by atoms with Crippen molar-refractivity contribution < 1.29 is 23.9 Å². The number of carbonyl (C=O) groups excluding carboxylic acids is 2. The molecule has 0 aromatic heterocycles. The number of carbonyl (C=O) groups is 2. The van der Waals surface area contributed by atoms with Gasteiger partial charge in [-0.3, -0.25) is 14.4 Å². The maximum atomic E-state index is 13.9. The van der Waals surface area contributed by atoms with E-state index >= 15 is 0 Å². The molecule has 2 heterocycles. The summed E-state index contributed by atoms with van der Waals surface area (Å²) >= 11 is 0. The van der Waals surface area contributed by atoms with Gasteiger partial charge in [0.1, 0.15) is 5.92 Å². The first-order chi connectivity index (χ1) is 18.0. The Morgan fingerprint density at radius 1 is 0.865 bits per heavy atom. The molecule has 0 saturated carbocycles. The molecular weight excluding hydrogens is 468 g/mol. The number of rotatable bonds is 9. The van der Waals surface area contributed by atoms with E-state index < -0.39 is 18.1 Å². The van der Waals surface area contributed by atoms with Crippen molar-refractivity contribution in [1.29, 1.82) is 0 Å². The molecule has 2 amide bonds. The lowest BCUT2D eigenvalue weighted by molar-refractivity contribution is -0.126. The van der Waals surface area contributed by atoms with E-state index in [9.17, 15) is 9.59 Å². The highest BCUT2D eigenvalue weighted by Crippen LogP contribution is 2.49. The van der Waals surface area contributed by atoms with E-state index in [1.807, 2.05) is 80.6 Å². The summed E-state index contributed by atoms with van der Waals surface area (Å²) in [4.78, 5) is 35.0. The van der Waals surface area contributed by atoms with Crippen molar-refractivity contribution >= 4 is 23.2 Å². The van der Waals surface area contributed by atoms with Gasteiger partial charge in [0.15, 0.2) is 17.6 Å². The molecule has 3 aromatic carbocycles. The molecule has 3 atom stereocenters. The minimum atomic E-state index is -0.923. The number of hydrogen-bond donors (Lipinski definition) is 0. The first-order valence-corrected chi connectivity index (χ1v) is 12.9. The van der Waals surface area contributed by atoms with Crippen LogP contribution in [0.1, 0.15) is 43.9 Å². The van der Waals surface area contributed by atoms with Gasteiger partial charge in [-0.1, -0.05) is 55.8 Å². The number of imide groups is 1. The van der Waals surface area contributed by atoms with Gasteiger partial charge in [-0.2, -0.15) is 0 Å². The van der Waals surface area contributed by atoms with Crippen LogP contribution < -0.4 is 19.4 Å². The number of para-hydroxylation sites is 2. The topological polar surface area (TPSA) is 68.3 Å². The quantitative estimate of drug-likeness (QED) is 0.280. The van der Waals surface area contributed by atoms with Crippen LogP contribution in [0, 0.1) is 12.8 Å². The first kappa shape index (κ1) is 24.8. The highest BCUT2D eigenvalue weighted by Gasteiger charge is 2.60. The van der Waals surface area contributed by atoms with Crippen LogP contribution in [0.15, 0.2) is 72.8 Å². The monoisotopic (exact) mass is 500 g/mol. The van der Waals surface area contributed by atoms with Crippen LogP contribution >= 0.6 is 0 Å². The first-order valence-electron chi connectivity index (χ1n) is 12.9. The second-order valence-corrected chi connectivity index (χ2v) is 9.30. The van der Waals surface area contributed by atoms with Crippen LogP contribution in [0.25, 0.3) is 0 Å². The van der Waals surface area contributed by atoms with E-state index in [4.69, 9.17) is 14.3 Å². The molecular formula is C30H32N2O5. The third-order valence-electron chi connectivity index (χ3n) is 6.85. The minimum absolute atomic E-state index is 0.269. The van der Waals surface area contributed by atoms with Gasteiger partial charge < -0.3 is 9.47 Å². The Morgan fingerprint density at radius 3 is 2.35 bits per heavy atom. The number of hydroxylamine groups is 1. The molecule has 0 bridgehead atoms. The summed E-state index contributed by atoms with van der Waals surface area (Å²) in [6, 6.07) is 22.2. The van der Waals surface area contributed by atoms with Gasteiger partial charge in [-0.05, 0) is 61.7 Å². The van der Waals surface area contributed by atoms with Gasteiger partial charge in [-0.15, -0.1) is 0 Å². The standard InChI is InChI=1S/C30H32N2O5/c1-4-6-18-36-24-17-16-21(19-25(24)35-5-2)27-26-28(37-32(27)22-13-8-7-9-14-22)30(34)31(29(26)33)23-15-11-10-12-20(23)3/h7-17,19,26-28H,4-6,18H2,1-3H3/t26-,27+,28+/m0/s1. The highest BCUT2D eigenvalue weighted by atomic mass is 16.7. The predicted octanol–water partition coefficient (Wildman–Crippen LogP) is 5.62. The number of unbranched alkanes of at least 4 members (excludes halogenated alkanes) is 1. The third-order valence-corrected chi connectivity index (χ3v) is 6.85. The fraction of sp³-hybridized carbons (Fsp3) is 0.333. The van der Waals surface area contributed by atoms with Gasteiger partial charge in [0.2, 0.25) is 5.91 Å². The van der Waals surface area contributed by atoms with Gasteiger partial charge >= 0.3 is 0 Å². The third kappa shape index (κ3) is 4.55. The van der Waals surface area contributed by atoms with E-state index in [1.165, 1.54) is 4.90 Å². The summed E-state index contributed by atoms with van der Waals surface area (Å²) in [5.74, 6) is -0.0591. The molecule has 2 fully saturated rings. The molecule has 7 nitrogen and oxygen atoms in total. The van der Waals surface area contributed by atoms with Crippen molar-refractivity contribution in [2.75, 3.05) is 23.2 Å². The summed E-state index contributed by atoms with van der Waals surface area (Å²) in [6.07, 6.45) is 1.05. The molecule has 2 aliphatic heterocycles. The number of hydrogen-bond acceptors (Lipinski definition) is 6. The smallest absolute Gasteiger partial charge is 0.266 e. The lowest BCUT2D eigenvalue weighted by Crippen LogP contribution is -2.37. The number of benzene rings is 3. The van der Waals surface area contributed by atoms with E-state index in [0.29, 0.717) is 30.4 Å². The molecule has 2 aliphatic rings. The molecule has 0 N–H and O–H groups in total. The zero-order chi connectivity index (χ0) is 25.9. The van der Waals surface area contributed by atoms with Crippen LogP contribution in [0.2, 0.25) is 0 Å². The minimum Gasteiger partial charge on any atom is -0.490 e. The molecule has 0 spiro atoms. The second kappa shape index (κ2) is 10.6. The Hall–Kier alpha value is -3.84. The fourth-order valence-electron chi connectivity index (χ4n) is 5.03. The molecule has 7 heteroatoms. The number of anilines is 2. The van der Waals surface area contributed by atoms with Gasteiger partial charge in [-0.25, -0.2) is 9.96 Å². The SMILES string of the molecule is CCCCOc1ccc([C@@H]2[C@@H]3C(=O)N(c4ccccc4C)C(=O)[C@@H]3ON2c2ccccc2)cc1OCC. The average molecular weight is 501 g/mol. The summed E-state index contributed by atoms with van der Waals surface area (Å²) in [7, 11) is 0. The molecule has 0 unspecified atom stereocenters. The molecule has 2 saturated heterocycles. The van der Waals surface area contributed by atoms with Crippen LogP contribution in [0.4, 0.5) is 11.4 Å². The van der Waals surface area contributed by atoms with E-state index in [2.05, 4.69) is 6.92 Å². The van der Waals surface area contributed by atoms with E-state index in [-0.39, 0.29) is 11.8 Å². The van der Waals surface area contributed by atoms with Crippen molar-refractivity contribution in [3.05, 3.63) is 83.9 Å². The van der Waals surface area contributed by atoms with Crippen LogP contribution in [0.5, 0.6) is 11.5 Å². The Bertz CT molecular complexity index is 1280.